The van der Waals surface area contributed by atoms with Crippen molar-refractivity contribution in [3.05, 3.63) is 17.8 Å². The van der Waals surface area contributed by atoms with Gasteiger partial charge in [0.15, 0.2) is 0 Å². The molecule has 3 heterocycles. The predicted octanol–water partition coefficient (Wildman–Crippen LogP) is 1.17. The molecule has 8 heteroatoms. The molecule has 5 rings (SSSR count). The summed E-state index contributed by atoms with van der Waals surface area (Å²) in [5, 5.41) is 12.6. The van der Waals surface area contributed by atoms with Crippen LogP contribution in [0.5, 0.6) is 0 Å². The minimum atomic E-state index is -0.0382. The number of carbonyl (C=O) groups excluding carboxylic acids is 2. The summed E-state index contributed by atoms with van der Waals surface area (Å²) >= 11 is 0. The van der Waals surface area contributed by atoms with Gasteiger partial charge >= 0.3 is 0 Å². The lowest BCUT2D eigenvalue weighted by molar-refractivity contribution is -0.117. The second kappa shape index (κ2) is 8.15. The zero-order valence-corrected chi connectivity index (χ0v) is 17.4. The SMILES string of the molecule is O=C(c1cnc2c(c1)N(CC1CC1)C(=O)CN2)N1CCN(CC2CC2)C(CCO)C1. The van der Waals surface area contributed by atoms with Crippen molar-refractivity contribution < 1.29 is 14.7 Å². The van der Waals surface area contributed by atoms with Gasteiger partial charge in [0.2, 0.25) is 5.91 Å². The molecule has 0 radical (unpaired) electrons. The molecule has 30 heavy (non-hydrogen) atoms. The summed E-state index contributed by atoms with van der Waals surface area (Å²) in [5.74, 6) is 2.04. The Morgan fingerprint density at radius 1 is 1.17 bits per heavy atom. The van der Waals surface area contributed by atoms with Gasteiger partial charge in [-0.15, -0.1) is 0 Å². The van der Waals surface area contributed by atoms with Gasteiger partial charge in [0, 0.05) is 51.6 Å². The Kier molecular flexibility index (Phi) is 5.37. The average molecular weight is 414 g/mol. The molecule has 1 atom stereocenters. The van der Waals surface area contributed by atoms with E-state index >= 15 is 0 Å². The fourth-order valence-electron chi connectivity index (χ4n) is 4.62. The lowest BCUT2D eigenvalue weighted by Crippen LogP contribution is -2.55. The number of aliphatic hydroxyl groups excluding tert-OH is 1. The Labute approximate surface area is 177 Å². The summed E-state index contributed by atoms with van der Waals surface area (Å²) in [6.45, 7) is 4.35. The largest absolute Gasteiger partial charge is 0.396 e. The van der Waals surface area contributed by atoms with Crippen molar-refractivity contribution in [2.75, 3.05) is 56.1 Å². The third-order valence-corrected chi connectivity index (χ3v) is 6.79. The van der Waals surface area contributed by atoms with Crippen molar-refractivity contribution in [2.45, 2.75) is 38.1 Å². The number of carbonyl (C=O) groups is 2. The summed E-state index contributed by atoms with van der Waals surface area (Å²) in [7, 11) is 0. The zero-order valence-electron chi connectivity index (χ0n) is 17.4. The maximum Gasteiger partial charge on any atom is 0.255 e. The van der Waals surface area contributed by atoms with Crippen molar-refractivity contribution in [3.63, 3.8) is 0 Å². The van der Waals surface area contributed by atoms with Crippen molar-refractivity contribution in [3.8, 4) is 0 Å². The molecule has 2 amide bonds. The Morgan fingerprint density at radius 2 is 1.93 bits per heavy atom. The van der Waals surface area contributed by atoms with Crippen LogP contribution in [0.4, 0.5) is 11.5 Å². The maximum atomic E-state index is 13.3. The smallest absolute Gasteiger partial charge is 0.255 e. The zero-order chi connectivity index (χ0) is 20.7. The number of nitrogens with zero attached hydrogens (tertiary/aromatic N) is 4. The van der Waals surface area contributed by atoms with Crippen LogP contribution in [0.15, 0.2) is 12.3 Å². The number of anilines is 2. The summed E-state index contributed by atoms with van der Waals surface area (Å²) in [4.78, 5) is 36.3. The highest BCUT2D eigenvalue weighted by Gasteiger charge is 2.35. The molecule has 162 valence electrons. The van der Waals surface area contributed by atoms with Gasteiger partial charge in [0.1, 0.15) is 5.82 Å². The van der Waals surface area contributed by atoms with Crippen molar-refractivity contribution in [2.24, 2.45) is 11.8 Å². The first-order valence-corrected chi connectivity index (χ1v) is 11.3. The first-order chi connectivity index (χ1) is 14.6. The molecule has 2 aliphatic carbocycles. The van der Waals surface area contributed by atoms with Crippen LogP contribution in [0.1, 0.15) is 42.5 Å². The number of aromatic nitrogens is 1. The Balaban J connectivity index is 1.32. The van der Waals surface area contributed by atoms with Gasteiger partial charge < -0.3 is 20.2 Å². The number of amides is 2. The van der Waals surface area contributed by atoms with Crippen LogP contribution in [0, 0.1) is 11.8 Å². The standard InChI is InChI=1S/C22H31N5O3/c28-8-5-18-14-26(7-6-25(18)12-15-1-2-15)22(30)17-9-19-21(23-10-17)24-11-20(29)27(19)13-16-3-4-16/h9-10,15-16,18,28H,1-8,11-14H2,(H,23,24). The molecule has 2 saturated carbocycles. The first-order valence-electron chi connectivity index (χ1n) is 11.3. The number of aliphatic hydroxyl groups is 1. The van der Waals surface area contributed by atoms with Crippen molar-refractivity contribution in [1.29, 1.82) is 0 Å². The summed E-state index contributed by atoms with van der Waals surface area (Å²) in [6.07, 6.45) is 7.24. The van der Waals surface area contributed by atoms with Crippen LogP contribution >= 0.6 is 0 Å². The van der Waals surface area contributed by atoms with E-state index in [4.69, 9.17) is 0 Å². The van der Waals surface area contributed by atoms with Crippen molar-refractivity contribution >= 4 is 23.3 Å². The van der Waals surface area contributed by atoms with Crippen LogP contribution in [-0.4, -0.2) is 83.6 Å². The average Bonchev–Trinajstić information content (AvgIpc) is 3.67. The summed E-state index contributed by atoms with van der Waals surface area (Å²) in [5.41, 5.74) is 1.26. The van der Waals surface area contributed by atoms with Crippen LogP contribution in [-0.2, 0) is 4.79 Å². The van der Waals surface area contributed by atoms with Gasteiger partial charge in [-0.3, -0.25) is 14.5 Å². The fourth-order valence-corrected chi connectivity index (χ4v) is 4.62. The highest BCUT2D eigenvalue weighted by molar-refractivity contribution is 6.04. The Hall–Kier alpha value is -2.19. The van der Waals surface area contributed by atoms with Gasteiger partial charge in [-0.05, 0) is 50.0 Å². The minimum Gasteiger partial charge on any atom is -0.396 e. The van der Waals surface area contributed by atoms with Gasteiger partial charge in [0.05, 0.1) is 17.8 Å². The number of nitrogens with one attached hydrogen (secondary N) is 1. The molecule has 1 saturated heterocycles. The molecular formula is C22H31N5O3. The van der Waals surface area contributed by atoms with E-state index in [1.165, 1.54) is 12.8 Å². The molecule has 0 bridgehead atoms. The molecule has 1 aromatic rings. The second-order valence-corrected chi connectivity index (χ2v) is 9.25. The van der Waals surface area contributed by atoms with Gasteiger partial charge in [-0.2, -0.15) is 0 Å². The van der Waals surface area contributed by atoms with Crippen LogP contribution in [0.3, 0.4) is 0 Å². The van der Waals surface area contributed by atoms with Crippen LogP contribution in [0.2, 0.25) is 0 Å². The van der Waals surface area contributed by atoms with E-state index in [1.54, 1.807) is 11.1 Å². The lowest BCUT2D eigenvalue weighted by Gasteiger charge is -2.41. The molecule has 1 aromatic heterocycles. The molecule has 2 aliphatic heterocycles. The second-order valence-electron chi connectivity index (χ2n) is 9.25. The van der Waals surface area contributed by atoms with E-state index in [1.807, 2.05) is 11.0 Å². The molecule has 4 aliphatic rings. The molecule has 0 spiro atoms. The number of pyridine rings is 1. The Bertz CT molecular complexity index is 823. The summed E-state index contributed by atoms with van der Waals surface area (Å²) in [6, 6.07) is 2.03. The molecule has 1 unspecified atom stereocenters. The highest BCUT2D eigenvalue weighted by Crippen LogP contribution is 2.36. The number of piperazine rings is 1. The molecule has 2 N–H and O–H groups in total. The van der Waals surface area contributed by atoms with Gasteiger partial charge in [-0.1, -0.05) is 0 Å². The van der Waals surface area contributed by atoms with Gasteiger partial charge in [0.25, 0.3) is 5.91 Å². The number of fused-ring (bicyclic) bond motifs is 1. The monoisotopic (exact) mass is 413 g/mol. The molecule has 8 nitrogen and oxygen atoms in total. The fraction of sp³-hybridized carbons (Fsp3) is 0.682. The summed E-state index contributed by atoms with van der Waals surface area (Å²) < 4.78 is 0. The van der Waals surface area contributed by atoms with Crippen molar-refractivity contribution in [1.82, 2.24) is 14.8 Å². The molecule has 3 fully saturated rings. The van der Waals surface area contributed by atoms with E-state index in [-0.39, 0.29) is 31.0 Å². The van der Waals surface area contributed by atoms with E-state index in [0.29, 0.717) is 43.4 Å². The molecular weight excluding hydrogens is 382 g/mol. The number of hydrogen-bond donors (Lipinski definition) is 2. The normalized spacial score (nSPS) is 24.6. The first kappa shape index (κ1) is 19.8. The van der Waals surface area contributed by atoms with Crippen LogP contribution in [0.25, 0.3) is 0 Å². The number of rotatable bonds is 7. The quantitative estimate of drug-likeness (QED) is 0.698. The lowest BCUT2D eigenvalue weighted by atomic mass is 10.1. The van der Waals surface area contributed by atoms with E-state index < -0.39 is 0 Å². The predicted molar refractivity (Wildman–Crippen MR) is 113 cm³/mol. The minimum absolute atomic E-state index is 0.0382. The van der Waals surface area contributed by atoms with E-state index in [9.17, 15) is 14.7 Å². The highest BCUT2D eigenvalue weighted by atomic mass is 16.3. The van der Waals surface area contributed by atoms with E-state index in [0.717, 1.165) is 37.5 Å². The topological polar surface area (TPSA) is 89.0 Å². The number of hydrogen-bond acceptors (Lipinski definition) is 6. The third kappa shape index (κ3) is 4.16. The van der Waals surface area contributed by atoms with Gasteiger partial charge in [-0.25, -0.2) is 4.98 Å². The van der Waals surface area contributed by atoms with E-state index in [2.05, 4.69) is 15.2 Å². The Morgan fingerprint density at radius 3 is 2.67 bits per heavy atom. The third-order valence-electron chi connectivity index (χ3n) is 6.79. The maximum absolute atomic E-state index is 13.3. The van der Waals surface area contributed by atoms with Crippen LogP contribution < -0.4 is 10.2 Å². The molecule has 0 aromatic carbocycles.